The normalized spacial score (nSPS) is 18.5. The molecule has 30 heavy (non-hydrogen) atoms. The number of hydrogen-bond donors (Lipinski definition) is 0. The molecule has 1 aliphatic heterocycles. The molecule has 2 aliphatic rings. The fourth-order valence-corrected chi connectivity index (χ4v) is 3.93. The molecular formula is C24H25N3O3. The summed E-state index contributed by atoms with van der Waals surface area (Å²) in [6, 6.07) is 13.6. The van der Waals surface area contributed by atoms with Crippen molar-refractivity contribution in [2.24, 2.45) is 0 Å². The number of benzene rings is 1. The smallest absolute Gasteiger partial charge is 0.276 e. The molecular weight excluding hydrogens is 378 g/mol. The zero-order valence-corrected chi connectivity index (χ0v) is 16.9. The Bertz CT molecular complexity index is 993. The van der Waals surface area contributed by atoms with E-state index in [2.05, 4.69) is 9.97 Å². The van der Waals surface area contributed by atoms with Crippen molar-refractivity contribution in [2.45, 2.75) is 44.2 Å². The molecule has 5 rings (SSSR count). The van der Waals surface area contributed by atoms with E-state index >= 15 is 0 Å². The highest BCUT2D eigenvalue weighted by molar-refractivity contribution is 5.94. The summed E-state index contributed by atoms with van der Waals surface area (Å²) in [4.78, 5) is 24.4. The number of oxazole rings is 1. The molecule has 1 aliphatic carbocycles. The van der Waals surface area contributed by atoms with Crippen LogP contribution in [0.1, 0.15) is 53.4 Å². The van der Waals surface area contributed by atoms with Gasteiger partial charge in [0.1, 0.15) is 5.76 Å². The lowest BCUT2D eigenvalue weighted by molar-refractivity contribution is 0.0501. The first-order valence-electron chi connectivity index (χ1n) is 10.6. The second-order valence-corrected chi connectivity index (χ2v) is 8.05. The topological polar surface area (TPSA) is 68.5 Å². The molecule has 2 fully saturated rings. The first-order valence-corrected chi connectivity index (χ1v) is 10.6. The van der Waals surface area contributed by atoms with Crippen LogP contribution in [0, 0.1) is 0 Å². The molecule has 1 atom stereocenters. The molecule has 0 radical (unpaired) electrons. The van der Waals surface area contributed by atoms with Crippen molar-refractivity contribution in [3.05, 3.63) is 71.9 Å². The van der Waals surface area contributed by atoms with Gasteiger partial charge in [-0.3, -0.25) is 9.78 Å². The summed E-state index contributed by atoms with van der Waals surface area (Å²) in [5.41, 5.74) is 2.32. The minimum absolute atomic E-state index is 0.0653. The van der Waals surface area contributed by atoms with E-state index in [0.29, 0.717) is 24.7 Å². The Kier molecular flexibility index (Phi) is 5.32. The number of ether oxygens (including phenoxy) is 1. The molecule has 0 N–H and O–H groups in total. The lowest BCUT2D eigenvalue weighted by Crippen LogP contribution is -2.37. The van der Waals surface area contributed by atoms with Crippen LogP contribution >= 0.6 is 0 Å². The van der Waals surface area contributed by atoms with Crippen LogP contribution in [-0.4, -0.2) is 40.0 Å². The predicted molar refractivity (Wildman–Crippen MR) is 112 cm³/mol. The Balaban J connectivity index is 1.46. The Labute approximate surface area is 175 Å². The average Bonchev–Trinajstić information content (AvgIpc) is 3.32. The van der Waals surface area contributed by atoms with E-state index in [-0.39, 0.29) is 17.9 Å². The molecule has 0 bridgehead atoms. The lowest BCUT2D eigenvalue weighted by Gasteiger charge is -2.25. The van der Waals surface area contributed by atoms with Gasteiger partial charge in [0.05, 0.1) is 6.10 Å². The lowest BCUT2D eigenvalue weighted by atomic mass is 10.1. The fourth-order valence-electron chi connectivity index (χ4n) is 3.93. The quantitative estimate of drug-likeness (QED) is 0.584. The number of aromatic nitrogens is 2. The SMILES string of the molecule is O=C(c1nc(-c2ccccc2)oc1C1CC1)N(Cc1cccnc1)CC1CCCO1. The molecule has 0 spiro atoms. The Morgan fingerprint density at radius 1 is 1.10 bits per heavy atom. The monoisotopic (exact) mass is 403 g/mol. The van der Waals surface area contributed by atoms with Crippen LogP contribution in [0.5, 0.6) is 0 Å². The zero-order valence-electron chi connectivity index (χ0n) is 16.9. The van der Waals surface area contributed by atoms with Gasteiger partial charge in [0.25, 0.3) is 5.91 Å². The number of carbonyl (C=O) groups excluding carboxylic acids is 1. The summed E-state index contributed by atoms with van der Waals surface area (Å²) in [7, 11) is 0. The maximum absolute atomic E-state index is 13.7. The van der Waals surface area contributed by atoms with E-state index in [4.69, 9.17) is 9.15 Å². The largest absolute Gasteiger partial charge is 0.440 e. The molecule has 154 valence electrons. The second kappa shape index (κ2) is 8.40. The molecule has 3 aromatic rings. The van der Waals surface area contributed by atoms with Gasteiger partial charge in [-0.2, -0.15) is 0 Å². The summed E-state index contributed by atoms with van der Waals surface area (Å²) in [5, 5.41) is 0. The van der Waals surface area contributed by atoms with Crippen LogP contribution in [0.25, 0.3) is 11.5 Å². The number of nitrogens with zero attached hydrogens (tertiary/aromatic N) is 3. The number of hydrogen-bond acceptors (Lipinski definition) is 5. The zero-order chi connectivity index (χ0) is 20.3. The predicted octanol–water partition coefficient (Wildman–Crippen LogP) is 4.44. The van der Waals surface area contributed by atoms with Crippen molar-refractivity contribution in [3.8, 4) is 11.5 Å². The molecule has 1 saturated carbocycles. The molecule has 1 unspecified atom stereocenters. The van der Waals surface area contributed by atoms with Gasteiger partial charge in [0.15, 0.2) is 5.69 Å². The Morgan fingerprint density at radius 3 is 2.67 bits per heavy atom. The van der Waals surface area contributed by atoms with Crippen LogP contribution in [-0.2, 0) is 11.3 Å². The fraction of sp³-hybridized carbons (Fsp3) is 0.375. The van der Waals surface area contributed by atoms with E-state index < -0.39 is 0 Å². The van der Waals surface area contributed by atoms with Gasteiger partial charge in [-0.1, -0.05) is 24.3 Å². The molecule has 6 nitrogen and oxygen atoms in total. The maximum atomic E-state index is 13.7. The molecule has 3 heterocycles. The third-order valence-corrected chi connectivity index (χ3v) is 5.66. The minimum Gasteiger partial charge on any atom is -0.440 e. The van der Waals surface area contributed by atoms with Crippen LogP contribution in [0.2, 0.25) is 0 Å². The third-order valence-electron chi connectivity index (χ3n) is 5.66. The Hall–Kier alpha value is -2.99. The van der Waals surface area contributed by atoms with Crippen molar-refractivity contribution in [3.63, 3.8) is 0 Å². The van der Waals surface area contributed by atoms with Gasteiger partial charge < -0.3 is 14.1 Å². The summed E-state index contributed by atoms with van der Waals surface area (Å²) in [6.07, 6.45) is 7.70. The van der Waals surface area contributed by atoms with Crippen molar-refractivity contribution < 1.29 is 13.9 Å². The van der Waals surface area contributed by atoms with E-state index in [1.54, 1.807) is 12.4 Å². The number of amides is 1. The number of rotatable bonds is 7. The van der Waals surface area contributed by atoms with E-state index in [1.165, 1.54) is 0 Å². The molecule has 6 heteroatoms. The average molecular weight is 403 g/mol. The van der Waals surface area contributed by atoms with Crippen molar-refractivity contribution in [1.29, 1.82) is 0 Å². The summed E-state index contributed by atoms with van der Waals surface area (Å²) < 4.78 is 11.9. The highest BCUT2D eigenvalue weighted by atomic mass is 16.5. The number of carbonyl (C=O) groups is 1. The highest BCUT2D eigenvalue weighted by Crippen LogP contribution is 2.43. The summed E-state index contributed by atoms with van der Waals surface area (Å²) in [6.45, 7) is 1.78. The van der Waals surface area contributed by atoms with Gasteiger partial charge in [-0.15, -0.1) is 0 Å². The van der Waals surface area contributed by atoms with Gasteiger partial charge in [0, 0.05) is 43.6 Å². The van der Waals surface area contributed by atoms with Crippen LogP contribution in [0.3, 0.4) is 0 Å². The van der Waals surface area contributed by atoms with E-state index in [0.717, 1.165) is 49.2 Å². The third kappa shape index (κ3) is 4.14. The van der Waals surface area contributed by atoms with Gasteiger partial charge >= 0.3 is 0 Å². The van der Waals surface area contributed by atoms with Crippen molar-refractivity contribution in [2.75, 3.05) is 13.2 Å². The molecule has 1 saturated heterocycles. The van der Waals surface area contributed by atoms with E-state index in [9.17, 15) is 4.79 Å². The molecule has 2 aromatic heterocycles. The van der Waals surface area contributed by atoms with E-state index in [1.807, 2.05) is 47.4 Å². The highest BCUT2D eigenvalue weighted by Gasteiger charge is 2.36. The summed E-state index contributed by atoms with van der Waals surface area (Å²) >= 11 is 0. The van der Waals surface area contributed by atoms with Crippen LogP contribution < -0.4 is 0 Å². The Morgan fingerprint density at radius 2 is 1.97 bits per heavy atom. The maximum Gasteiger partial charge on any atom is 0.276 e. The first kappa shape index (κ1) is 19.0. The first-order chi connectivity index (χ1) is 14.8. The summed E-state index contributed by atoms with van der Waals surface area (Å²) in [5.74, 6) is 1.43. The van der Waals surface area contributed by atoms with Crippen molar-refractivity contribution >= 4 is 5.91 Å². The molecule has 1 aromatic carbocycles. The van der Waals surface area contributed by atoms with Gasteiger partial charge in [-0.25, -0.2) is 4.98 Å². The minimum atomic E-state index is -0.0952. The standard InChI is InChI=1S/C24H25N3O3/c28-24(27(16-20-9-5-13-29-20)15-17-6-4-12-25-14-17)21-22(18-10-11-18)30-23(26-21)19-7-2-1-3-8-19/h1-4,6-8,12,14,18,20H,5,9-11,13,15-16H2. The van der Waals surface area contributed by atoms with Gasteiger partial charge in [0.2, 0.25) is 5.89 Å². The van der Waals surface area contributed by atoms with Crippen molar-refractivity contribution in [1.82, 2.24) is 14.9 Å². The number of pyridine rings is 1. The second-order valence-electron chi connectivity index (χ2n) is 8.05. The molecule has 1 amide bonds. The van der Waals surface area contributed by atoms with Crippen LogP contribution in [0.15, 0.2) is 59.3 Å². The van der Waals surface area contributed by atoms with Gasteiger partial charge in [-0.05, 0) is 49.4 Å². The van der Waals surface area contributed by atoms with Crippen LogP contribution in [0.4, 0.5) is 0 Å².